The van der Waals surface area contributed by atoms with E-state index in [4.69, 9.17) is 9.72 Å². The Balaban J connectivity index is 1.26. The van der Waals surface area contributed by atoms with Crippen LogP contribution in [0.2, 0.25) is 0 Å². The summed E-state index contributed by atoms with van der Waals surface area (Å²) in [5.41, 5.74) is 2.74. The predicted octanol–water partition coefficient (Wildman–Crippen LogP) is 3.68. The number of morpholine rings is 1. The molecule has 5 rings (SSSR count). The Morgan fingerprint density at radius 2 is 1.97 bits per heavy atom. The first-order valence-corrected chi connectivity index (χ1v) is 11.8. The Bertz CT molecular complexity index is 1130. The number of hydrogen-bond acceptors (Lipinski definition) is 6. The van der Waals surface area contributed by atoms with E-state index in [2.05, 4.69) is 10.2 Å². The van der Waals surface area contributed by atoms with Crippen molar-refractivity contribution in [2.75, 3.05) is 43.1 Å². The molecule has 2 saturated heterocycles. The maximum Gasteiger partial charge on any atom is 0.229 e. The lowest BCUT2D eigenvalue weighted by atomic mass is 10.1. The number of benzene rings is 2. The van der Waals surface area contributed by atoms with Gasteiger partial charge in [-0.25, -0.2) is 4.98 Å². The first kappa shape index (κ1) is 20.9. The van der Waals surface area contributed by atoms with Crippen molar-refractivity contribution in [3.05, 3.63) is 54.1 Å². The van der Waals surface area contributed by atoms with E-state index in [0.717, 1.165) is 52.9 Å². The van der Waals surface area contributed by atoms with Crippen LogP contribution in [0.3, 0.4) is 0 Å². The summed E-state index contributed by atoms with van der Waals surface area (Å²) in [7, 11) is 0. The lowest BCUT2D eigenvalue weighted by molar-refractivity contribution is -0.129. The number of nitrogens with one attached hydrogen (secondary N) is 1. The van der Waals surface area contributed by atoms with Gasteiger partial charge >= 0.3 is 0 Å². The van der Waals surface area contributed by atoms with Crippen LogP contribution in [0.1, 0.15) is 24.9 Å². The fourth-order valence-electron chi connectivity index (χ4n) is 4.32. The van der Waals surface area contributed by atoms with E-state index in [1.807, 2.05) is 55.5 Å². The number of carbonyl (C=O) groups is 2. The van der Waals surface area contributed by atoms with Crippen LogP contribution in [0, 0.1) is 5.92 Å². The molecule has 2 aliphatic heterocycles. The largest absolute Gasteiger partial charge is 0.378 e. The second-order valence-electron chi connectivity index (χ2n) is 8.30. The van der Waals surface area contributed by atoms with Crippen molar-refractivity contribution in [3.8, 4) is 0 Å². The van der Waals surface area contributed by atoms with E-state index < -0.39 is 0 Å². The molecule has 2 amide bonds. The highest BCUT2D eigenvalue weighted by Gasteiger charge is 2.37. The van der Waals surface area contributed by atoms with E-state index in [1.165, 1.54) is 0 Å². The molecular formula is C24H26N4O3S. The molecule has 0 unspecified atom stereocenters. The smallest absolute Gasteiger partial charge is 0.229 e. The van der Waals surface area contributed by atoms with Crippen LogP contribution in [0.4, 0.5) is 10.8 Å². The van der Waals surface area contributed by atoms with Gasteiger partial charge in [0.1, 0.15) is 0 Å². The average Bonchev–Trinajstić information content (AvgIpc) is 3.43. The summed E-state index contributed by atoms with van der Waals surface area (Å²) in [5, 5.41) is 4.00. The van der Waals surface area contributed by atoms with Gasteiger partial charge in [-0.15, -0.1) is 0 Å². The fourth-order valence-corrected chi connectivity index (χ4v) is 5.37. The molecule has 8 heteroatoms. The van der Waals surface area contributed by atoms with Gasteiger partial charge in [0.25, 0.3) is 0 Å². The maximum atomic E-state index is 12.9. The normalized spacial score (nSPS) is 20.0. The van der Waals surface area contributed by atoms with Crippen molar-refractivity contribution in [1.82, 2.24) is 9.88 Å². The third-order valence-corrected chi connectivity index (χ3v) is 7.28. The van der Waals surface area contributed by atoms with E-state index in [-0.39, 0.29) is 30.2 Å². The lowest BCUT2D eigenvalue weighted by Crippen LogP contribution is -2.36. The number of thiazole rings is 1. The molecule has 2 aromatic carbocycles. The fraction of sp³-hybridized carbons (Fsp3) is 0.375. The number of anilines is 2. The van der Waals surface area contributed by atoms with E-state index >= 15 is 0 Å². The van der Waals surface area contributed by atoms with Crippen LogP contribution in [0.15, 0.2) is 48.5 Å². The molecule has 32 heavy (non-hydrogen) atoms. The number of aromatic nitrogens is 1. The van der Waals surface area contributed by atoms with Gasteiger partial charge in [-0.2, -0.15) is 0 Å². The molecule has 2 fully saturated rings. The third kappa shape index (κ3) is 4.20. The van der Waals surface area contributed by atoms with E-state index in [0.29, 0.717) is 6.54 Å². The Morgan fingerprint density at radius 1 is 1.19 bits per heavy atom. The van der Waals surface area contributed by atoms with Crippen molar-refractivity contribution < 1.29 is 14.3 Å². The summed E-state index contributed by atoms with van der Waals surface area (Å²) in [6, 6.07) is 15.7. The molecule has 166 valence electrons. The van der Waals surface area contributed by atoms with Crippen molar-refractivity contribution in [1.29, 1.82) is 0 Å². The summed E-state index contributed by atoms with van der Waals surface area (Å²) >= 11 is 1.63. The average molecular weight is 451 g/mol. The SMILES string of the molecule is C[C@@H](c1ccccc1)N1C[C@H](C(=O)Nc2ccc3nc(N4CCOCC4)sc3c2)CC1=O. The Labute approximate surface area is 191 Å². The zero-order valence-electron chi connectivity index (χ0n) is 18.0. The van der Waals surface area contributed by atoms with Gasteiger partial charge < -0.3 is 19.9 Å². The number of fused-ring (bicyclic) bond motifs is 1. The van der Waals surface area contributed by atoms with Gasteiger partial charge in [0.2, 0.25) is 11.8 Å². The molecule has 0 saturated carbocycles. The highest BCUT2D eigenvalue weighted by atomic mass is 32.1. The number of amides is 2. The molecule has 3 aromatic rings. The minimum Gasteiger partial charge on any atom is -0.378 e. The Morgan fingerprint density at radius 3 is 2.75 bits per heavy atom. The number of hydrogen-bond donors (Lipinski definition) is 1. The maximum absolute atomic E-state index is 12.9. The summed E-state index contributed by atoms with van der Waals surface area (Å²) < 4.78 is 6.46. The molecule has 3 heterocycles. The molecule has 2 atom stereocenters. The second-order valence-corrected chi connectivity index (χ2v) is 9.31. The highest BCUT2D eigenvalue weighted by molar-refractivity contribution is 7.22. The van der Waals surface area contributed by atoms with E-state index in [1.54, 1.807) is 16.2 Å². The number of ether oxygens (including phenoxy) is 1. The van der Waals surface area contributed by atoms with Crippen LogP contribution in [-0.4, -0.2) is 54.5 Å². The van der Waals surface area contributed by atoms with E-state index in [9.17, 15) is 9.59 Å². The van der Waals surface area contributed by atoms with Crippen molar-refractivity contribution in [2.24, 2.45) is 5.92 Å². The number of rotatable bonds is 5. The van der Waals surface area contributed by atoms with Gasteiger partial charge in [0.05, 0.1) is 35.4 Å². The van der Waals surface area contributed by atoms with Crippen LogP contribution < -0.4 is 10.2 Å². The Hall–Kier alpha value is -2.97. The van der Waals surface area contributed by atoms with Crippen molar-refractivity contribution in [2.45, 2.75) is 19.4 Å². The molecule has 7 nitrogen and oxygen atoms in total. The van der Waals surface area contributed by atoms with Crippen molar-refractivity contribution >= 4 is 44.2 Å². The predicted molar refractivity (Wildman–Crippen MR) is 126 cm³/mol. The third-order valence-electron chi connectivity index (χ3n) is 6.21. The summed E-state index contributed by atoms with van der Waals surface area (Å²) in [5.74, 6) is -0.442. The molecule has 0 spiro atoms. The van der Waals surface area contributed by atoms with Crippen LogP contribution >= 0.6 is 11.3 Å². The standard InChI is InChI=1S/C24H26N4O3S/c1-16(17-5-3-2-4-6-17)28-15-18(13-22(28)29)23(30)25-19-7-8-20-21(14-19)32-24(26-20)27-9-11-31-12-10-27/h2-8,14,16,18H,9-13,15H2,1H3,(H,25,30)/t16-,18+/m0/s1. The van der Waals surface area contributed by atoms with Gasteiger partial charge in [0, 0.05) is 31.7 Å². The number of nitrogens with zero attached hydrogens (tertiary/aromatic N) is 3. The summed E-state index contributed by atoms with van der Waals surface area (Å²) in [4.78, 5) is 34.3. The molecule has 2 aliphatic rings. The summed E-state index contributed by atoms with van der Waals surface area (Å²) in [6.45, 7) is 5.57. The van der Waals surface area contributed by atoms with Gasteiger partial charge in [-0.3, -0.25) is 9.59 Å². The van der Waals surface area contributed by atoms with Crippen molar-refractivity contribution in [3.63, 3.8) is 0 Å². The molecular weight excluding hydrogens is 424 g/mol. The summed E-state index contributed by atoms with van der Waals surface area (Å²) in [6.07, 6.45) is 0.243. The quantitative estimate of drug-likeness (QED) is 0.642. The van der Waals surface area contributed by atoms with Gasteiger partial charge in [0.15, 0.2) is 5.13 Å². The molecule has 0 aliphatic carbocycles. The molecule has 1 N–H and O–H groups in total. The molecule has 1 aromatic heterocycles. The zero-order valence-corrected chi connectivity index (χ0v) is 18.8. The first-order valence-electron chi connectivity index (χ1n) is 11.0. The van der Waals surface area contributed by atoms with Gasteiger partial charge in [-0.05, 0) is 30.7 Å². The molecule has 0 bridgehead atoms. The minimum atomic E-state index is -0.352. The topological polar surface area (TPSA) is 74.8 Å². The number of carbonyl (C=O) groups excluding carboxylic acids is 2. The first-order chi connectivity index (χ1) is 15.6. The van der Waals surface area contributed by atoms with Crippen LogP contribution in [-0.2, 0) is 14.3 Å². The zero-order chi connectivity index (χ0) is 22.1. The second kappa shape index (κ2) is 8.88. The molecule has 0 radical (unpaired) electrons. The Kier molecular flexibility index (Phi) is 5.80. The lowest BCUT2D eigenvalue weighted by Gasteiger charge is -2.25. The monoisotopic (exact) mass is 450 g/mol. The van der Waals surface area contributed by atoms with Gasteiger partial charge in [-0.1, -0.05) is 41.7 Å². The van der Waals surface area contributed by atoms with Crippen LogP contribution in [0.5, 0.6) is 0 Å². The highest BCUT2D eigenvalue weighted by Crippen LogP contribution is 2.32. The number of likely N-dealkylation sites (tertiary alicyclic amines) is 1. The van der Waals surface area contributed by atoms with Crippen LogP contribution in [0.25, 0.3) is 10.2 Å². The minimum absolute atomic E-state index is 0.0227.